The summed E-state index contributed by atoms with van der Waals surface area (Å²) in [7, 11) is 0. The third-order valence-corrected chi connectivity index (χ3v) is 3.34. The first-order valence-corrected chi connectivity index (χ1v) is 7.41. The van der Waals surface area contributed by atoms with Crippen LogP contribution >= 0.6 is 0 Å². The summed E-state index contributed by atoms with van der Waals surface area (Å²) < 4.78 is 15.9. The first kappa shape index (κ1) is 17.2. The summed E-state index contributed by atoms with van der Waals surface area (Å²) in [5.74, 6) is -1.13. The summed E-state index contributed by atoms with van der Waals surface area (Å²) in [6, 6.07) is 2.95. The average Bonchev–Trinajstić information content (AvgIpc) is 2.54. The molecule has 1 fully saturated rings. The summed E-state index contributed by atoms with van der Waals surface area (Å²) in [5, 5.41) is 11.6. The van der Waals surface area contributed by atoms with E-state index in [4.69, 9.17) is 19.3 Å². The lowest BCUT2D eigenvalue weighted by molar-refractivity contribution is -0.148. The molecule has 23 heavy (non-hydrogen) atoms. The molecule has 1 aliphatic rings. The standard InChI is InChI=1S/C15H20N2O6/c1-2-22-15-10(4-3-6-16-15)14(20)17-11-5-7-21-8-12(11)23-9-13(18)19/h3-4,6,11-12H,2,5,7-9H2,1H3,(H,17,20)(H,18,19)/t11-,12-/m1/s1. The minimum Gasteiger partial charge on any atom is -0.480 e. The van der Waals surface area contributed by atoms with Gasteiger partial charge in [-0.25, -0.2) is 9.78 Å². The highest BCUT2D eigenvalue weighted by Crippen LogP contribution is 2.17. The van der Waals surface area contributed by atoms with Crippen molar-refractivity contribution in [1.29, 1.82) is 0 Å². The Morgan fingerprint density at radius 3 is 3.09 bits per heavy atom. The lowest BCUT2D eigenvalue weighted by atomic mass is 10.1. The van der Waals surface area contributed by atoms with Crippen molar-refractivity contribution in [3.05, 3.63) is 23.9 Å². The number of ether oxygens (including phenoxy) is 3. The second-order valence-corrected chi connectivity index (χ2v) is 4.98. The van der Waals surface area contributed by atoms with Gasteiger partial charge in [-0.15, -0.1) is 0 Å². The summed E-state index contributed by atoms with van der Waals surface area (Å²) in [6.07, 6.45) is 1.59. The zero-order chi connectivity index (χ0) is 16.7. The van der Waals surface area contributed by atoms with E-state index in [9.17, 15) is 9.59 Å². The number of hydrogen-bond acceptors (Lipinski definition) is 6. The van der Waals surface area contributed by atoms with Crippen LogP contribution in [0, 0.1) is 0 Å². The van der Waals surface area contributed by atoms with Crippen molar-refractivity contribution in [2.45, 2.75) is 25.5 Å². The van der Waals surface area contributed by atoms with Gasteiger partial charge in [0.1, 0.15) is 18.3 Å². The molecule has 126 valence electrons. The first-order valence-electron chi connectivity index (χ1n) is 7.41. The van der Waals surface area contributed by atoms with E-state index in [-0.39, 0.29) is 24.4 Å². The second kappa shape index (κ2) is 8.44. The molecule has 8 heteroatoms. The van der Waals surface area contributed by atoms with Crippen molar-refractivity contribution in [3.8, 4) is 5.88 Å². The lowest BCUT2D eigenvalue weighted by Crippen LogP contribution is -2.50. The predicted molar refractivity (Wildman–Crippen MR) is 79.5 cm³/mol. The number of aromatic nitrogens is 1. The number of rotatable bonds is 7. The molecular weight excluding hydrogens is 304 g/mol. The molecule has 8 nitrogen and oxygen atoms in total. The Kier molecular flexibility index (Phi) is 6.30. The van der Waals surface area contributed by atoms with Crippen LogP contribution in [-0.4, -0.2) is 60.5 Å². The molecule has 0 spiro atoms. The molecule has 1 aromatic heterocycles. The van der Waals surface area contributed by atoms with Crippen molar-refractivity contribution in [2.24, 2.45) is 0 Å². The molecule has 0 saturated carbocycles. The summed E-state index contributed by atoms with van der Waals surface area (Å²) >= 11 is 0. The van der Waals surface area contributed by atoms with E-state index < -0.39 is 18.7 Å². The topological polar surface area (TPSA) is 107 Å². The molecule has 1 aliphatic heterocycles. The quantitative estimate of drug-likeness (QED) is 0.750. The summed E-state index contributed by atoms with van der Waals surface area (Å²) in [4.78, 5) is 27.1. The third kappa shape index (κ3) is 4.90. The predicted octanol–water partition coefficient (Wildman–Crippen LogP) is 0.469. The van der Waals surface area contributed by atoms with Gasteiger partial charge in [0.2, 0.25) is 5.88 Å². The van der Waals surface area contributed by atoms with Crippen LogP contribution in [-0.2, 0) is 14.3 Å². The van der Waals surface area contributed by atoms with Crippen LogP contribution in [0.2, 0.25) is 0 Å². The SMILES string of the molecule is CCOc1ncccc1C(=O)N[C@@H]1CCOC[C@H]1OCC(=O)O. The van der Waals surface area contributed by atoms with Gasteiger partial charge in [-0.05, 0) is 25.5 Å². The molecule has 0 radical (unpaired) electrons. The third-order valence-electron chi connectivity index (χ3n) is 3.34. The zero-order valence-corrected chi connectivity index (χ0v) is 12.9. The fraction of sp³-hybridized carbons (Fsp3) is 0.533. The van der Waals surface area contributed by atoms with E-state index in [0.29, 0.717) is 25.2 Å². The van der Waals surface area contributed by atoms with Gasteiger partial charge >= 0.3 is 5.97 Å². The minimum absolute atomic E-state index is 0.240. The molecule has 2 rings (SSSR count). The minimum atomic E-state index is -1.06. The van der Waals surface area contributed by atoms with Crippen LogP contribution in [0.25, 0.3) is 0 Å². The van der Waals surface area contributed by atoms with Gasteiger partial charge in [0, 0.05) is 12.8 Å². The van der Waals surface area contributed by atoms with Crippen molar-refractivity contribution < 1.29 is 28.9 Å². The maximum atomic E-state index is 12.4. The van der Waals surface area contributed by atoms with Gasteiger partial charge in [-0.3, -0.25) is 4.79 Å². The number of carboxylic acids is 1. The molecule has 2 N–H and O–H groups in total. The Bertz CT molecular complexity index is 551. The first-order chi connectivity index (χ1) is 11.1. The summed E-state index contributed by atoms with van der Waals surface area (Å²) in [5.41, 5.74) is 0.331. The number of nitrogens with zero attached hydrogens (tertiary/aromatic N) is 1. The monoisotopic (exact) mass is 324 g/mol. The number of nitrogens with one attached hydrogen (secondary N) is 1. The molecule has 1 saturated heterocycles. The molecule has 0 bridgehead atoms. The van der Waals surface area contributed by atoms with Crippen LogP contribution < -0.4 is 10.1 Å². The highest BCUT2D eigenvalue weighted by Gasteiger charge is 2.29. The van der Waals surface area contributed by atoms with Crippen LogP contribution in [0.3, 0.4) is 0 Å². The fourth-order valence-corrected chi connectivity index (χ4v) is 2.28. The van der Waals surface area contributed by atoms with Crippen LogP contribution in [0.15, 0.2) is 18.3 Å². The largest absolute Gasteiger partial charge is 0.480 e. The Balaban J connectivity index is 2.03. The molecule has 2 heterocycles. The Morgan fingerprint density at radius 2 is 2.35 bits per heavy atom. The number of carbonyl (C=O) groups excluding carboxylic acids is 1. The van der Waals surface area contributed by atoms with E-state index >= 15 is 0 Å². The van der Waals surface area contributed by atoms with Crippen LogP contribution in [0.5, 0.6) is 5.88 Å². The molecule has 0 aliphatic carbocycles. The van der Waals surface area contributed by atoms with E-state index in [2.05, 4.69) is 10.3 Å². The zero-order valence-electron chi connectivity index (χ0n) is 12.9. The highest BCUT2D eigenvalue weighted by molar-refractivity contribution is 5.96. The van der Waals surface area contributed by atoms with Gasteiger partial charge in [0.05, 0.1) is 19.3 Å². The second-order valence-electron chi connectivity index (χ2n) is 4.98. The molecule has 2 atom stereocenters. The molecule has 1 amide bonds. The van der Waals surface area contributed by atoms with Crippen molar-refractivity contribution in [2.75, 3.05) is 26.4 Å². The number of aliphatic carboxylic acids is 1. The van der Waals surface area contributed by atoms with Gasteiger partial charge < -0.3 is 24.6 Å². The van der Waals surface area contributed by atoms with Gasteiger partial charge in [0.25, 0.3) is 5.91 Å². The van der Waals surface area contributed by atoms with Crippen molar-refractivity contribution >= 4 is 11.9 Å². The normalized spacial score (nSPS) is 20.7. The van der Waals surface area contributed by atoms with Gasteiger partial charge in [-0.1, -0.05) is 0 Å². The van der Waals surface area contributed by atoms with E-state index in [1.165, 1.54) is 0 Å². The number of amides is 1. The number of carbonyl (C=O) groups is 2. The molecular formula is C15H20N2O6. The average molecular weight is 324 g/mol. The Morgan fingerprint density at radius 1 is 1.52 bits per heavy atom. The van der Waals surface area contributed by atoms with E-state index in [0.717, 1.165) is 0 Å². The molecule has 0 unspecified atom stereocenters. The molecule has 1 aromatic rings. The van der Waals surface area contributed by atoms with Gasteiger partial charge in [0.15, 0.2) is 0 Å². The van der Waals surface area contributed by atoms with Gasteiger partial charge in [-0.2, -0.15) is 0 Å². The summed E-state index contributed by atoms with van der Waals surface area (Å²) in [6.45, 7) is 2.49. The number of pyridine rings is 1. The number of hydrogen-bond donors (Lipinski definition) is 2. The Labute approximate surface area is 133 Å². The molecule has 0 aromatic carbocycles. The van der Waals surface area contributed by atoms with Crippen LogP contribution in [0.4, 0.5) is 0 Å². The van der Waals surface area contributed by atoms with Crippen LogP contribution in [0.1, 0.15) is 23.7 Å². The van der Waals surface area contributed by atoms with E-state index in [1.54, 1.807) is 18.3 Å². The van der Waals surface area contributed by atoms with Crippen molar-refractivity contribution in [1.82, 2.24) is 10.3 Å². The highest BCUT2D eigenvalue weighted by atomic mass is 16.5. The Hall–Kier alpha value is -2.19. The lowest BCUT2D eigenvalue weighted by Gasteiger charge is -2.31. The number of carboxylic acid groups (broad SMARTS) is 1. The van der Waals surface area contributed by atoms with E-state index in [1.807, 2.05) is 6.92 Å². The smallest absolute Gasteiger partial charge is 0.329 e. The van der Waals surface area contributed by atoms with Crippen molar-refractivity contribution in [3.63, 3.8) is 0 Å². The fourth-order valence-electron chi connectivity index (χ4n) is 2.28. The maximum absolute atomic E-state index is 12.4. The maximum Gasteiger partial charge on any atom is 0.329 e.